The topological polar surface area (TPSA) is 71.5 Å². The van der Waals surface area contributed by atoms with Crippen molar-refractivity contribution in [2.45, 2.75) is 0 Å². The van der Waals surface area contributed by atoms with Gasteiger partial charge in [-0.2, -0.15) is 5.21 Å². The summed E-state index contributed by atoms with van der Waals surface area (Å²) < 4.78 is 0. The summed E-state index contributed by atoms with van der Waals surface area (Å²) in [6, 6.07) is 8.82. The number of ketones is 1. The van der Waals surface area contributed by atoms with Gasteiger partial charge in [0.1, 0.15) is 0 Å². The van der Waals surface area contributed by atoms with Gasteiger partial charge in [-0.15, -0.1) is 10.2 Å². The second-order valence-electron chi connectivity index (χ2n) is 2.43. The van der Waals surface area contributed by atoms with Crippen LogP contribution in [0.25, 0.3) is 0 Å². The number of hydrogen-bond donors (Lipinski definition) is 1. The fourth-order valence-electron chi connectivity index (χ4n) is 0.977. The molecule has 1 N–H and O–H groups in total. The molecule has 0 aliphatic carbocycles. The Hall–Kier alpha value is -2.04. The first kappa shape index (κ1) is 7.60. The molecule has 0 saturated carbocycles. The highest BCUT2D eigenvalue weighted by Crippen LogP contribution is 2.03. The van der Waals surface area contributed by atoms with E-state index in [2.05, 4.69) is 20.6 Å². The molecule has 0 aliphatic rings. The summed E-state index contributed by atoms with van der Waals surface area (Å²) in [4.78, 5) is 11.5. The number of aromatic amines is 1. The predicted molar refractivity (Wildman–Crippen MR) is 44.1 cm³/mol. The highest BCUT2D eigenvalue weighted by molar-refractivity contribution is 6.06. The summed E-state index contributed by atoms with van der Waals surface area (Å²) in [5.41, 5.74) is 0.559. The zero-order valence-electron chi connectivity index (χ0n) is 6.64. The number of aromatic nitrogens is 4. The summed E-state index contributed by atoms with van der Waals surface area (Å²) in [5.74, 6) is -0.138. The predicted octanol–water partition coefficient (Wildman–Crippen LogP) is 0.431. The lowest BCUT2D eigenvalue weighted by Gasteiger charge is -1.92. The lowest BCUT2D eigenvalue weighted by atomic mass is 10.1. The van der Waals surface area contributed by atoms with Gasteiger partial charge in [-0.25, -0.2) is 0 Å². The minimum absolute atomic E-state index is 0.0891. The summed E-state index contributed by atoms with van der Waals surface area (Å²) in [7, 11) is 0. The van der Waals surface area contributed by atoms with Crippen LogP contribution in [0.4, 0.5) is 0 Å². The van der Waals surface area contributed by atoms with Crippen LogP contribution in [0, 0.1) is 0 Å². The molecule has 0 spiro atoms. The molecule has 5 heteroatoms. The first-order chi connectivity index (χ1) is 6.38. The van der Waals surface area contributed by atoms with E-state index < -0.39 is 0 Å². The van der Waals surface area contributed by atoms with E-state index in [1.54, 1.807) is 24.3 Å². The van der Waals surface area contributed by atoms with Crippen molar-refractivity contribution < 1.29 is 4.79 Å². The number of rotatable bonds is 2. The lowest BCUT2D eigenvalue weighted by molar-refractivity contribution is 0.102. The van der Waals surface area contributed by atoms with Crippen molar-refractivity contribution in [2.24, 2.45) is 0 Å². The molecule has 0 aliphatic heterocycles. The number of tetrazole rings is 1. The van der Waals surface area contributed by atoms with Crippen LogP contribution in [-0.2, 0) is 0 Å². The van der Waals surface area contributed by atoms with Gasteiger partial charge in [0, 0.05) is 5.56 Å². The van der Waals surface area contributed by atoms with Crippen LogP contribution in [-0.4, -0.2) is 26.4 Å². The third kappa shape index (κ3) is 1.44. The van der Waals surface area contributed by atoms with E-state index >= 15 is 0 Å². The van der Waals surface area contributed by atoms with Gasteiger partial charge in [-0.1, -0.05) is 30.3 Å². The van der Waals surface area contributed by atoms with Gasteiger partial charge in [0.15, 0.2) is 0 Å². The van der Waals surface area contributed by atoms with Crippen molar-refractivity contribution in [3.8, 4) is 0 Å². The molecule has 0 atom stereocenters. The molecule has 2 rings (SSSR count). The van der Waals surface area contributed by atoms with Gasteiger partial charge < -0.3 is 0 Å². The van der Waals surface area contributed by atoms with Gasteiger partial charge in [0.25, 0.3) is 0 Å². The third-order valence-electron chi connectivity index (χ3n) is 1.58. The van der Waals surface area contributed by atoms with E-state index in [4.69, 9.17) is 0 Å². The maximum atomic E-state index is 11.5. The van der Waals surface area contributed by atoms with Gasteiger partial charge >= 0.3 is 0 Å². The highest BCUT2D eigenvalue weighted by Gasteiger charge is 2.12. The first-order valence-electron chi connectivity index (χ1n) is 3.71. The molecule has 0 saturated heterocycles. The number of carbonyl (C=O) groups excluding carboxylic acids is 1. The van der Waals surface area contributed by atoms with Crippen molar-refractivity contribution in [1.82, 2.24) is 20.6 Å². The Morgan fingerprint density at radius 3 is 2.62 bits per heavy atom. The number of carbonyl (C=O) groups is 1. The van der Waals surface area contributed by atoms with Crippen molar-refractivity contribution in [2.75, 3.05) is 0 Å². The normalized spacial score (nSPS) is 9.85. The van der Waals surface area contributed by atoms with Crippen LogP contribution < -0.4 is 0 Å². The quantitative estimate of drug-likeness (QED) is 0.670. The van der Waals surface area contributed by atoms with E-state index in [9.17, 15) is 4.79 Å². The summed E-state index contributed by atoms with van der Waals surface area (Å²) in [5, 5.41) is 12.7. The number of hydrogen-bond acceptors (Lipinski definition) is 4. The Labute approximate surface area is 73.8 Å². The first-order valence-corrected chi connectivity index (χ1v) is 3.71. The van der Waals surface area contributed by atoms with Crippen LogP contribution in [0.5, 0.6) is 0 Å². The molecule has 1 aromatic heterocycles. The Morgan fingerprint density at radius 2 is 2.00 bits per heavy atom. The van der Waals surface area contributed by atoms with Crippen molar-refractivity contribution >= 4 is 5.78 Å². The van der Waals surface area contributed by atoms with E-state index in [1.807, 2.05) is 6.07 Å². The van der Waals surface area contributed by atoms with Gasteiger partial charge in [0.05, 0.1) is 0 Å². The second-order valence-corrected chi connectivity index (χ2v) is 2.43. The number of nitrogens with one attached hydrogen (secondary N) is 1. The van der Waals surface area contributed by atoms with Crippen molar-refractivity contribution in [1.29, 1.82) is 0 Å². The largest absolute Gasteiger partial charge is 0.285 e. The molecule has 0 radical (unpaired) electrons. The molecule has 0 bridgehead atoms. The van der Waals surface area contributed by atoms with E-state index in [1.165, 1.54) is 0 Å². The van der Waals surface area contributed by atoms with Crippen molar-refractivity contribution in [3.05, 3.63) is 41.7 Å². The zero-order chi connectivity index (χ0) is 9.10. The Balaban J connectivity index is 2.34. The summed E-state index contributed by atoms with van der Waals surface area (Å²) >= 11 is 0. The molecule has 1 aromatic carbocycles. The third-order valence-corrected chi connectivity index (χ3v) is 1.58. The smallest absolute Gasteiger partial charge is 0.245 e. The van der Waals surface area contributed by atoms with Crippen LogP contribution in [0.15, 0.2) is 30.3 Å². The second kappa shape index (κ2) is 3.14. The van der Waals surface area contributed by atoms with Crippen LogP contribution in [0.3, 0.4) is 0 Å². The fourth-order valence-corrected chi connectivity index (χ4v) is 0.977. The van der Waals surface area contributed by atoms with Crippen LogP contribution >= 0.6 is 0 Å². The maximum absolute atomic E-state index is 11.5. The Bertz CT molecular complexity index is 395. The van der Waals surface area contributed by atoms with E-state index in [0.29, 0.717) is 5.56 Å². The lowest BCUT2D eigenvalue weighted by Crippen LogP contribution is -2.03. The molecule has 0 unspecified atom stereocenters. The number of H-pyrrole nitrogens is 1. The highest BCUT2D eigenvalue weighted by atomic mass is 16.1. The van der Waals surface area contributed by atoms with E-state index in [-0.39, 0.29) is 11.6 Å². The molecule has 13 heavy (non-hydrogen) atoms. The molecule has 0 fully saturated rings. The fraction of sp³-hybridized carbons (Fsp3) is 0. The van der Waals surface area contributed by atoms with Crippen molar-refractivity contribution in [3.63, 3.8) is 0 Å². The number of benzene rings is 1. The van der Waals surface area contributed by atoms with Gasteiger partial charge in [-0.3, -0.25) is 4.79 Å². The van der Waals surface area contributed by atoms with Gasteiger partial charge in [-0.05, 0) is 5.21 Å². The Kier molecular flexibility index (Phi) is 1.84. The van der Waals surface area contributed by atoms with Gasteiger partial charge in [0.2, 0.25) is 11.6 Å². The van der Waals surface area contributed by atoms with E-state index in [0.717, 1.165) is 0 Å². The molecule has 5 nitrogen and oxygen atoms in total. The average molecular weight is 174 g/mol. The average Bonchev–Trinajstić information content (AvgIpc) is 2.71. The minimum atomic E-state index is -0.227. The monoisotopic (exact) mass is 174 g/mol. The molecular weight excluding hydrogens is 168 g/mol. The SMILES string of the molecule is O=C(c1ccccc1)c1nn[nH]n1. The minimum Gasteiger partial charge on any atom is -0.285 e. The standard InChI is InChI=1S/C8H6N4O/c13-7(8-9-11-12-10-8)6-4-2-1-3-5-6/h1-5H,(H,9,10,11,12). The number of nitrogens with zero attached hydrogens (tertiary/aromatic N) is 3. The Morgan fingerprint density at radius 1 is 1.23 bits per heavy atom. The molecule has 1 heterocycles. The van der Waals surface area contributed by atoms with Crippen LogP contribution in [0.1, 0.15) is 16.2 Å². The molecule has 2 aromatic rings. The molecule has 0 amide bonds. The zero-order valence-corrected chi connectivity index (χ0v) is 6.64. The summed E-state index contributed by atoms with van der Waals surface area (Å²) in [6.45, 7) is 0. The molecular formula is C8H6N4O. The molecule has 64 valence electrons. The maximum Gasteiger partial charge on any atom is 0.245 e. The van der Waals surface area contributed by atoms with Crippen LogP contribution in [0.2, 0.25) is 0 Å². The summed E-state index contributed by atoms with van der Waals surface area (Å²) in [6.07, 6.45) is 0.